The Morgan fingerprint density at radius 1 is 0.923 bits per heavy atom. The Morgan fingerprint density at radius 3 is 2.18 bits per heavy atom. The Morgan fingerprint density at radius 2 is 1.56 bits per heavy atom. The first-order chi connectivity index (χ1) is 18.4. The van der Waals surface area contributed by atoms with Gasteiger partial charge in [0.1, 0.15) is 24.2 Å². The Kier molecular flexibility index (Phi) is 9.95. The van der Waals surface area contributed by atoms with E-state index in [0.717, 1.165) is 31.9 Å². The number of nitrogens with zero attached hydrogens (tertiary/aromatic N) is 3. The molecule has 14 nitrogen and oxygen atoms in total. The molecule has 0 amide bonds. The minimum absolute atomic E-state index is 0.136. The van der Waals surface area contributed by atoms with Gasteiger partial charge in [-0.25, -0.2) is 4.68 Å². The van der Waals surface area contributed by atoms with Crippen LogP contribution in [0.3, 0.4) is 0 Å². The van der Waals surface area contributed by atoms with Crippen LogP contribution in [-0.4, -0.2) is 81.3 Å². The second-order valence-corrected chi connectivity index (χ2v) is 8.96. The number of carbonyl (C=O) groups excluding carboxylic acids is 4. The van der Waals surface area contributed by atoms with Gasteiger partial charge in [0.25, 0.3) is 0 Å². The topological polar surface area (TPSA) is 175 Å². The van der Waals surface area contributed by atoms with Gasteiger partial charge in [0.15, 0.2) is 24.6 Å². The number of aromatic nitrogens is 3. The van der Waals surface area contributed by atoms with Gasteiger partial charge in [0.05, 0.1) is 19.3 Å². The molecule has 1 saturated heterocycles. The third-order valence-electron chi connectivity index (χ3n) is 5.40. The Labute approximate surface area is 224 Å². The summed E-state index contributed by atoms with van der Waals surface area (Å²) in [6.07, 6.45) is -4.78. The van der Waals surface area contributed by atoms with Crippen molar-refractivity contribution in [3.05, 3.63) is 41.2 Å². The van der Waals surface area contributed by atoms with Crippen LogP contribution in [0, 0.1) is 6.92 Å². The van der Waals surface area contributed by atoms with Gasteiger partial charge in [-0.3, -0.25) is 19.2 Å². The molecule has 1 N–H and O–H groups in total. The normalized spacial score (nSPS) is 22.5. The lowest BCUT2D eigenvalue weighted by molar-refractivity contribution is -0.310. The number of hydrogen-bond donors (Lipinski definition) is 1. The molecule has 1 aliphatic heterocycles. The number of ether oxygens (including phenoxy) is 6. The van der Waals surface area contributed by atoms with Gasteiger partial charge in [-0.05, 0) is 30.2 Å². The van der Waals surface area contributed by atoms with Crippen LogP contribution in [0.2, 0.25) is 0 Å². The van der Waals surface area contributed by atoms with Gasteiger partial charge in [0, 0.05) is 27.7 Å². The molecule has 2 heterocycles. The molecule has 5 atom stereocenters. The van der Waals surface area contributed by atoms with Crippen molar-refractivity contribution >= 4 is 23.9 Å². The van der Waals surface area contributed by atoms with E-state index in [9.17, 15) is 24.3 Å². The smallest absolute Gasteiger partial charge is 0.303 e. The third kappa shape index (κ3) is 8.75. The molecular weight excluding hydrogens is 518 g/mol. The summed E-state index contributed by atoms with van der Waals surface area (Å²) in [6, 6.07) is 5.15. The number of rotatable bonds is 10. The van der Waals surface area contributed by atoms with Crippen molar-refractivity contribution in [2.24, 2.45) is 0 Å². The van der Waals surface area contributed by atoms with Crippen LogP contribution in [-0.2, 0) is 60.8 Å². The van der Waals surface area contributed by atoms with Crippen LogP contribution in [0.4, 0.5) is 0 Å². The van der Waals surface area contributed by atoms with E-state index < -0.39 is 54.6 Å². The molecule has 0 unspecified atom stereocenters. The van der Waals surface area contributed by atoms with Crippen molar-refractivity contribution in [1.29, 1.82) is 0 Å². The zero-order chi connectivity index (χ0) is 28.7. The lowest BCUT2D eigenvalue weighted by Crippen LogP contribution is -2.62. The molecule has 0 radical (unpaired) electrons. The summed E-state index contributed by atoms with van der Waals surface area (Å²) in [5.74, 6) is -2.69. The Hall–Kier alpha value is -4.04. The summed E-state index contributed by atoms with van der Waals surface area (Å²) in [5, 5.41) is 17.9. The monoisotopic (exact) mass is 549 g/mol. The number of aromatic hydroxyl groups is 1. The van der Waals surface area contributed by atoms with E-state index in [4.69, 9.17) is 28.4 Å². The summed E-state index contributed by atoms with van der Waals surface area (Å²) in [5.41, 5.74) is 2.08. The van der Waals surface area contributed by atoms with E-state index in [0.29, 0.717) is 12.2 Å². The van der Waals surface area contributed by atoms with Crippen LogP contribution in [0.5, 0.6) is 5.75 Å². The van der Waals surface area contributed by atoms with E-state index in [1.54, 1.807) is 23.0 Å². The van der Waals surface area contributed by atoms with Crippen molar-refractivity contribution in [2.75, 3.05) is 6.61 Å². The first-order valence-corrected chi connectivity index (χ1v) is 12.0. The molecule has 0 aliphatic carbocycles. The standard InChI is InChI=1S/C25H31N3O11/c1-13-6-18(8-20(33)7-13)9-28-10-19(26-27-28)11-35-25-24(38-17(5)32)23(37-16(4)31)22(36-15(3)30)21(39-25)12-34-14(2)29/h6-8,10,21-25,33H,9,11-12H2,1-5H3/t21-,22-,23+,24-,25-/m0/s1. The Bertz CT molecular complexity index is 1180. The fourth-order valence-electron chi connectivity index (χ4n) is 4.09. The van der Waals surface area contributed by atoms with E-state index in [1.807, 2.05) is 13.0 Å². The summed E-state index contributed by atoms with van der Waals surface area (Å²) >= 11 is 0. The van der Waals surface area contributed by atoms with Crippen molar-refractivity contribution in [3.8, 4) is 5.75 Å². The number of hydrogen-bond acceptors (Lipinski definition) is 13. The van der Waals surface area contributed by atoms with Gasteiger partial charge in [-0.2, -0.15) is 0 Å². The van der Waals surface area contributed by atoms with Gasteiger partial charge in [0.2, 0.25) is 0 Å². The number of phenolic OH excluding ortho intramolecular Hbond substituents is 1. The molecule has 212 valence electrons. The van der Waals surface area contributed by atoms with Crippen LogP contribution < -0.4 is 0 Å². The fourth-order valence-corrected chi connectivity index (χ4v) is 4.09. The largest absolute Gasteiger partial charge is 0.508 e. The summed E-state index contributed by atoms with van der Waals surface area (Å²) < 4.78 is 34.4. The molecular formula is C25H31N3O11. The fraction of sp³-hybridized carbons (Fsp3) is 0.520. The molecule has 1 aromatic carbocycles. The zero-order valence-electron chi connectivity index (χ0n) is 22.2. The molecule has 39 heavy (non-hydrogen) atoms. The highest BCUT2D eigenvalue weighted by Crippen LogP contribution is 2.30. The molecule has 2 aromatic rings. The highest BCUT2D eigenvalue weighted by molar-refractivity contribution is 5.68. The zero-order valence-corrected chi connectivity index (χ0v) is 22.2. The lowest BCUT2D eigenvalue weighted by Gasteiger charge is -2.43. The highest BCUT2D eigenvalue weighted by atomic mass is 16.7. The molecule has 1 aromatic heterocycles. The number of aryl methyl sites for hydroxylation is 1. The van der Waals surface area contributed by atoms with Crippen LogP contribution in [0.1, 0.15) is 44.5 Å². The van der Waals surface area contributed by atoms with Gasteiger partial charge in [-0.1, -0.05) is 11.3 Å². The van der Waals surface area contributed by atoms with E-state index in [-0.39, 0.29) is 19.0 Å². The maximum Gasteiger partial charge on any atom is 0.303 e. The summed E-state index contributed by atoms with van der Waals surface area (Å²) in [6.45, 7) is 6.27. The molecule has 0 bridgehead atoms. The average molecular weight is 550 g/mol. The number of carbonyl (C=O) groups is 4. The van der Waals surface area contributed by atoms with Crippen LogP contribution in [0.25, 0.3) is 0 Å². The molecule has 3 rings (SSSR count). The van der Waals surface area contributed by atoms with Gasteiger partial charge in [-0.15, -0.1) is 5.10 Å². The third-order valence-corrected chi connectivity index (χ3v) is 5.40. The average Bonchev–Trinajstić information content (AvgIpc) is 3.25. The van der Waals surface area contributed by atoms with E-state index in [1.165, 1.54) is 6.92 Å². The molecule has 1 aliphatic rings. The van der Waals surface area contributed by atoms with E-state index in [2.05, 4.69) is 10.3 Å². The Balaban J connectivity index is 1.81. The van der Waals surface area contributed by atoms with Crippen LogP contribution in [0.15, 0.2) is 24.4 Å². The van der Waals surface area contributed by atoms with Crippen molar-refractivity contribution in [2.45, 2.75) is 78.5 Å². The first-order valence-electron chi connectivity index (χ1n) is 12.0. The minimum atomic E-state index is -1.34. The molecule has 0 spiro atoms. The summed E-state index contributed by atoms with van der Waals surface area (Å²) in [4.78, 5) is 47.1. The number of esters is 4. The number of phenols is 1. The van der Waals surface area contributed by atoms with E-state index >= 15 is 0 Å². The van der Waals surface area contributed by atoms with Crippen molar-refractivity contribution < 1.29 is 52.7 Å². The van der Waals surface area contributed by atoms with Crippen LogP contribution >= 0.6 is 0 Å². The second kappa shape index (κ2) is 13.2. The predicted molar refractivity (Wildman–Crippen MR) is 129 cm³/mol. The quantitative estimate of drug-likeness (QED) is 0.328. The lowest BCUT2D eigenvalue weighted by atomic mass is 9.98. The molecule has 14 heteroatoms. The van der Waals surface area contributed by atoms with Crippen molar-refractivity contribution in [3.63, 3.8) is 0 Å². The summed E-state index contributed by atoms with van der Waals surface area (Å²) in [7, 11) is 0. The SMILES string of the molecule is CC(=O)OC[C@@H]1O[C@H](OCc2cn(Cc3cc(C)cc(O)c3)nn2)[C@@H](OC(C)=O)[C@H](OC(C)=O)[C@H]1OC(C)=O. The van der Waals surface area contributed by atoms with Gasteiger partial charge < -0.3 is 33.5 Å². The van der Waals surface area contributed by atoms with Crippen molar-refractivity contribution in [1.82, 2.24) is 15.0 Å². The second-order valence-electron chi connectivity index (χ2n) is 8.96. The minimum Gasteiger partial charge on any atom is -0.508 e. The first kappa shape index (κ1) is 29.5. The van der Waals surface area contributed by atoms with Gasteiger partial charge >= 0.3 is 23.9 Å². The highest BCUT2D eigenvalue weighted by Gasteiger charge is 2.52. The maximum absolute atomic E-state index is 11.9. The molecule has 1 fully saturated rings. The predicted octanol–water partition coefficient (Wildman–Crippen LogP) is 0.940. The number of benzene rings is 1. The maximum atomic E-state index is 11.9. The molecule has 0 saturated carbocycles.